The van der Waals surface area contributed by atoms with Crippen LogP contribution in [0.3, 0.4) is 0 Å². The van der Waals surface area contributed by atoms with Crippen LogP contribution in [0.1, 0.15) is 62.5 Å². The Morgan fingerprint density at radius 3 is 2.81 bits per heavy atom. The average molecular weight is 386 g/mol. The van der Waals surface area contributed by atoms with Crippen molar-refractivity contribution >= 4 is 24.5 Å². The first-order valence-electron chi connectivity index (χ1n) is 10.0. The molecule has 1 N–H and O–H groups in total. The minimum Gasteiger partial charge on any atom is -0.358 e. The Kier molecular flexibility index (Phi) is 9.99. The van der Waals surface area contributed by atoms with Crippen molar-refractivity contribution in [1.29, 1.82) is 0 Å². The molecule has 0 saturated carbocycles. The van der Waals surface area contributed by atoms with Gasteiger partial charge in [0.25, 0.3) is 0 Å². The van der Waals surface area contributed by atoms with Gasteiger partial charge >= 0.3 is 0 Å². The number of hydrogen-bond acceptors (Lipinski definition) is 3. The van der Waals surface area contributed by atoms with Gasteiger partial charge in [-0.3, -0.25) is 9.59 Å². The van der Waals surface area contributed by atoms with E-state index in [1.54, 1.807) is 0 Å². The van der Waals surface area contributed by atoms with Crippen molar-refractivity contribution in [3.63, 3.8) is 0 Å². The second kappa shape index (κ2) is 12.6. The van der Waals surface area contributed by atoms with Crippen LogP contribution in [0.25, 0.3) is 0 Å². The standard InChI is InChI=1S/C23H31NO2S/c1-2-3-4-5-8-15-27-21-11-12-23(19(16-21)13-14-24-18-26)22-10-7-6-9-20(22)17-25/h6-7,9,11-12,16-18,22H,2-5,8,10,13-15H2,1H3,(H,24,26). The molecule has 1 aromatic carbocycles. The number of rotatable bonds is 13. The van der Waals surface area contributed by atoms with Gasteiger partial charge in [-0.15, -0.1) is 11.8 Å². The van der Waals surface area contributed by atoms with Crippen molar-refractivity contribution < 1.29 is 9.59 Å². The summed E-state index contributed by atoms with van der Waals surface area (Å²) < 4.78 is 0. The number of thioether (sulfide) groups is 1. The topological polar surface area (TPSA) is 46.2 Å². The van der Waals surface area contributed by atoms with Gasteiger partial charge in [0.05, 0.1) is 0 Å². The number of nitrogens with one attached hydrogen (secondary N) is 1. The fraction of sp³-hybridized carbons (Fsp3) is 0.478. The molecular weight excluding hydrogens is 354 g/mol. The van der Waals surface area contributed by atoms with Crippen LogP contribution < -0.4 is 5.32 Å². The van der Waals surface area contributed by atoms with Gasteiger partial charge in [-0.05, 0) is 53.8 Å². The number of allylic oxidation sites excluding steroid dienone is 4. The van der Waals surface area contributed by atoms with E-state index in [4.69, 9.17) is 0 Å². The van der Waals surface area contributed by atoms with E-state index in [-0.39, 0.29) is 5.92 Å². The lowest BCUT2D eigenvalue weighted by atomic mass is 9.83. The minimum atomic E-state index is 0.117. The predicted molar refractivity (Wildman–Crippen MR) is 114 cm³/mol. The number of aldehydes is 1. The molecule has 1 aromatic rings. The fourth-order valence-corrected chi connectivity index (χ4v) is 4.44. The van der Waals surface area contributed by atoms with Crippen molar-refractivity contribution in [2.75, 3.05) is 12.3 Å². The largest absolute Gasteiger partial charge is 0.358 e. The molecule has 0 saturated heterocycles. The van der Waals surface area contributed by atoms with Gasteiger partial charge in [-0.1, -0.05) is 56.9 Å². The molecule has 0 bridgehead atoms. The minimum absolute atomic E-state index is 0.117. The monoisotopic (exact) mass is 385 g/mol. The van der Waals surface area contributed by atoms with Crippen molar-refractivity contribution in [2.24, 2.45) is 0 Å². The Morgan fingerprint density at radius 1 is 1.19 bits per heavy atom. The first kappa shape index (κ1) is 21.5. The van der Waals surface area contributed by atoms with E-state index in [0.29, 0.717) is 6.54 Å². The van der Waals surface area contributed by atoms with Gasteiger partial charge in [0.15, 0.2) is 0 Å². The summed E-state index contributed by atoms with van der Waals surface area (Å²) in [6.45, 7) is 2.86. The Labute approximate surface area is 167 Å². The molecule has 3 nitrogen and oxygen atoms in total. The molecule has 0 aliphatic heterocycles. The zero-order chi connectivity index (χ0) is 19.3. The first-order chi connectivity index (χ1) is 13.3. The molecule has 1 atom stereocenters. The molecule has 0 fully saturated rings. The maximum absolute atomic E-state index is 11.5. The summed E-state index contributed by atoms with van der Waals surface area (Å²) >= 11 is 1.91. The number of benzene rings is 1. The summed E-state index contributed by atoms with van der Waals surface area (Å²) in [5.41, 5.74) is 3.27. The van der Waals surface area contributed by atoms with E-state index in [0.717, 1.165) is 36.9 Å². The van der Waals surface area contributed by atoms with Crippen molar-refractivity contribution in [1.82, 2.24) is 5.32 Å². The lowest BCUT2D eigenvalue weighted by molar-refractivity contribution is -0.109. The maximum Gasteiger partial charge on any atom is 0.207 e. The lowest BCUT2D eigenvalue weighted by Crippen LogP contribution is -2.16. The Balaban J connectivity index is 2.07. The van der Waals surface area contributed by atoms with E-state index in [9.17, 15) is 9.59 Å². The number of amides is 1. The summed E-state index contributed by atoms with van der Waals surface area (Å²) in [6, 6.07) is 6.61. The van der Waals surface area contributed by atoms with Crippen LogP contribution in [0.5, 0.6) is 0 Å². The van der Waals surface area contributed by atoms with Crippen LogP contribution in [0.2, 0.25) is 0 Å². The van der Waals surface area contributed by atoms with Gasteiger partial charge in [0, 0.05) is 17.4 Å². The number of carbonyl (C=O) groups is 2. The van der Waals surface area contributed by atoms with Crippen LogP contribution >= 0.6 is 11.8 Å². The maximum atomic E-state index is 11.5. The van der Waals surface area contributed by atoms with Crippen LogP contribution in [-0.2, 0) is 16.0 Å². The highest BCUT2D eigenvalue weighted by Crippen LogP contribution is 2.34. The van der Waals surface area contributed by atoms with E-state index in [2.05, 4.69) is 36.5 Å². The molecule has 0 spiro atoms. The molecule has 1 amide bonds. The molecule has 4 heteroatoms. The second-order valence-electron chi connectivity index (χ2n) is 6.95. The van der Waals surface area contributed by atoms with Gasteiger partial charge in [0.2, 0.25) is 6.41 Å². The smallest absolute Gasteiger partial charge is 0.207 e. The van der Waals surface area contributed by atoms with Crippen molar-refractivity contribution in [3.8, 4) is 0 Å². The van der Waals surface area contributed by atoms with Crippen LogP contribution in [0.4, 0.5) is 0 Å². The van der Waals surface area contributed by atoms with Gasteiger partial charge in [0.1, 0.15) is 6.29 Å². The van der Waals surface area contributed by atoms with Gasteiger partial charge in [-0.25, -0.2) is 0 Å². The molecule has 0 heterocycles. The van der Waals surface area contributed by atoms with E-state index in [1.165, 1.54) is 48.1 Å². The van der Waals surface area contributed by atoms with Crippen LogP contribution in [0, 0.1) is 0 Å². The van der Waals surface area contributed by atoms with E-state index >= 15 is 0 Å². The zero-order valence-corrected chi connectivity index (χ0v) is 17.1. The molecule has 0 aromatic heterocycles. The highest BCUT2D eigenvalue weighted by molar-refractivity contribution is 7.99. The summed E-state index contributed by atoms with van der Waals surface area (Å²) in [7, 11) is 0. The van der Waals surface area contributed by atoms with Crippen LogP contribution in [0.15, 0.2) is 46.9 Å². The molecule has 0 radical (unpaired) electrons. The number of hydrogen-bond donors (Lipinski definition) is 1. The number of carbonyl (C=O) groups excluding carboxylic acids is 2. The molecule has 1 aliphatic carbocycles. The molecule has 1 aliphatic rings. The van der Waals surface area contributed by atoms with Crippen molar-refractivity contribution in [2.45, 2.75) is 62.7 Å². The Morgan fingerprint density at radius 2 is 2.04 bits per heavy atom. The quantitative estimate of drug-likeness (QED) is 0.288. The Hall–Kier alpha value is -1.81. The highest BCUT2D eigenvalue weighted by Gasteiger charge is 2.20. The van der Waals surface area contributed by atoms with Gasteiger partial charge < -0.3 is 5.32 Å². The van der Waals surface area contributed by atoms with E-state index in [1.807, 2.05) is 23.9 Å². The third kappa shape index (κ3) is 7.02. The summed E-state index contributed by atoms with van der Waals surface area (Å²) in [5, 5.41) is 2.76. The average Bonchev–Trinajstić information content (AvgIpc) is 2.71. The SMILES string of the molecule is CCCCCCCSc1ccc(C2CC=CC=C2C=O)c(CCNC=O)c1. The third-order valence-electron chi connectivity index (χ3n) is 4.96. The predicted octanol–water partition coefficient (Wildman–Crippen LogP) is 5.21. The van der Waals surface area contributed by atoms with Crippen molar-refractivity contribution in [3.05, 3.63) is 53.1 Å². The molecule has 146 valence electrons. The molecule has 2 rings (SSSR count). The lowest BCUT2D eigenvalue weighted by Gasteiger charge is -2.22. The highest BCUT2D eigenvalue weighted by atomic mass is 32.2. The first-order valence-corrected chi connectivity index (χ1v) is 11.0. The van der Waals surface area contributed by atoms with Gasteiger partial charge in [-0.2, -0.15) is 0 Å². The normalized spacial score (nSPS) is 16.0. The summed E-state index contributed by atoms with van der Waals surface area (Å²) in [6.07, 6.45) is 15.8. The molecule has 27 heavy (non-hydrogen) atoms. The zero-order valence-electron chi connectivity index (χ0n) is 16.3. The summed E-state index contributed by atoms with van der Waals surface area (Å²) in [5.74, 6) is 1.26. The van der Waals surface area contributed by atoms with Crippen LogP contribution in [-0.4, -0.2) is 25.0 Å². The Bertz CT molecular complexity index is 666. The summed E-state index contributed by atoms with van der Waals surface area (Å²) in [4.78, 5) is 23.4. The van der Waals surface area contributed by atoms with E-state index < -0.39 is 0 Å². The molecular formula is C23H31NO2S. The molecule has 1 unspecified atom stereocenters. The fourth-order valence-electron chi connectivity index (χ4n) is 3.46. The third-order valence-corrected chi connectivity index (χ3v) is 6.04. The second-order valence-corrected chi connectivity index (χ2v) is 8.11. The number of unbranched alkanes of at least 4 members (excludes halogenated alkanes) is 4.